The van der Waals surface area contributed by atoms with Gasteiger partial charge in [0.05, 0.1) is 5.69 Å². The van der Waals surface area contributed by atoms with Gasteiger partial charge in [-0.2, -0.15) is 0 Å². The van der Waals surface area contributed by atoms with Crippen LogP contribution in [0.4, 0.5) is 0 Å². The molecule has 1 aliphatic rings. The van der Waals surface area contributed by atoms with Crippen molar-refractivity contribution in [3.63, 3.8) is 0 Å². The maximum atomic E-state index is 12.2. The topological polar surface area (TPSA) is 67.2 Å². The van der Waals surface area contributed by atoms with E-state index in [1.165, 1.54) is 0 Å². The molecule has 0 bridgehead atoms. The van der Waals surface area contributed by atoms with Crippen LogP contribution in [0.15, 0.2) is 4.52 Å². The summed E-state index contributed by atoms with van der Waals surface area (Å²) < 4.78 is 5.18. The third-order valence-electron chi connectivity index (χ3n) is 4.16. The molecular formula is C15H26ClN3O2. The van der Waals surface area contributed by atoms with Crippen LogP contribution in [0.2, 0.25) is 0 Å². The summed E-state index contributed by atoms with van der Waals surface area (Å²) in [6, 6.07) is 0.430. The molecule has 1 aromatic heterocycles. The molecule has 1 saturated heterocycles. The molecule has 3 atom stereocenters. The summed E-state index contributed by atoms with van der Waals surface area (Å²) >= 11 is 0. The van der Waals surface area contributed by atoms with Crippen LogP contribution in [-0.2, 0) is 4.79 Å². The number of halogens is 1. The van der Waals surface area contributed by atoms with E-state index in [-0.39, 0.29) is 30.2 Å². The fraction of sp³-hybridized carbons (Fsp3) is 0.733. The molecule has 0 aliphatic carbocycles. The Morgan fingerprint density at radius 3 is 2.81 bits per heavy atom. The predicted octanol–water partition coefficient (Wildman–Crippen LogP) is 2.32. The highest BCUT2D eigenvalue weighted by molar-refractivity contribution is 5.85. The van der Waals surface area contributed by atoms with Crippen LogP contribution in [0.25, 0.3) is 0 Å². The molecule has 120 valence electrons. The Morgan fingerprint density at radius 1 is 1.52 bits per heavy atom. The number of piperidine rings is 1. The van der Waals surface area contributed by atoms with E-state index in [0.29, 0.717) is 12.6 Å². The molecule has 0 aromatic carbocycles. The third kappa shape index (κ3) is 4.45. The molecule has 6 heteroatoms. The molecule has 21 heavy (non-hydrogen) atoms. The Morgan fingerprint density at radius 2 is 2.24 bits per heavy atom. The number of nitrogens with one attached hydrogen (secondary N) is 2. The minimum Gasteiger partial charge on any atom is -0.361 e. The fourth-order valence-electron chi connectivity index (χ4n) is 3.06. The SMILES string of the molecule is Cc1noc(C)c1C(C)CNC(=O)[C@H]1CCN[C@@H](C)C1.Cl. The number of hydrogen-bond acceptors (Lipinski definition) is 4. The number of amides is 1. The van der Waals surface area contributed by atoms with Gasteiger partial charge in [0.2, 0.25) is 5.91 Å². The molecule has 5 nitrogen and oxygen atoms in total. The predicted molar refractivity (Wildman–Crippen MR) is 84.8 cm³/mol. The summed E-state index contributed by atoms with van der Waals surface area (Å²) in [5.41, 5.74) is 2.03. The first-order chi connectivity index (χ1) is 9.49. The van der Waals surface area contributed by atoms with Gasteiger partial charge in [0.25, 0.3) is 0 Å². The smallest absolute Gasteiger partial charge is 0.223 e. The highest BCUT2D eigenvalue weighted by atomic mass is 35.5. The second kappa shape index (κ2) is 7.80. The van der Waals surface area contributed by atoms with Gasteiger partial charge in [-0.1, -0.05) is 12.1 Å². The molecule has 2 N–H and O–H groups in total. The number of carbonyl (C=O) groups is 1. The quantitative estimate of drug-likeness (QED) is 0.895. The Balaban J connectivity index is 0.00000220. The van der Waals surface area contributed by atoms with Gasteiger partial charge in [-0.05, 0) is 40.2 Å². The van der Waals surface area contributed by atoms with Crippen molar-refractivity contribution >= 4 is 18.3 Å². The van der Waals surface area contributed by atoms with Gasteiger partial charge < -0.3 is 15.2 Å². The van der Waals surface area contributed by atoms with Gasteiger partial charge in [0.15, 0.2) is 0 Å². The Hall–Kier alpha value is -1.07. The van der Waals surface area contributed by atoms with Crippen molar-refractivity contribution in [2.75, 3.05) is 13.1 Å². The maximum absolute atomic E-state index is 12.2. The average molecular weight is 316 g/mol. The maximum Gasteiger partial charge on any atom is 0.223 e. The van der Waals surface area contributed by atoms with Crippen molar-refractivity contribution in [3.05, 3.63) is 17.0 Å². The molecule has 2 heterocycles. The monoisotopic (exact) mass is 315 g/mol. The molecule has 1 amide bonds. The highest BCUT2D eigenvalue weighted by Crippen LogP contribution is 2.23. The summed E-state index contributed by atoms with van der Waals surface area (Å²) in [4.78, 5) is 12.2. The zero-order valence-corrected chi connectivity index (χ0v) is 14.0. The summed E-state index contributed by atoms with van der Waals surface area (Å²) in [6.45, 7) is 9.66. The van der Waals surface area contributed by atoms with E-state index in [4.69, 9.17) is 4.52 Å². The van der Waals surface area contributed by atoms with E-state index >= 15 is 0 Å². The molecule has 0 spiro atoms. The van der Waals surface area contributed by atoms with E-state index in [1.54, 1.807) is 0 Å². The van der Waals surface area contributed by atoms with Crippen LogP contribution >= 0.6 is 12.4 Å². The zero-order valence-electron chi connectivity index (χ0n) is 13.2. The number of hydrogen-bond donors (Lipinski definition) is 2. The second-order valence-corrected chi connectivity index (χ2v) is 5.96. The normalized spacial score (nSPS) is 23.2. The second-order valence-electron chi connectivity index (χ2n) is 5.96. The van der Waals surface area contributed by atoms with E-state index in [0.717, 1.165) is 36.4 Å². The van der Waals surface area contributed by atoms with Crippen molar-refractivity contribution in [1.29, 1.82) is 0 Å². The number of aromatic nitrogens is 1. The summed E-state index contributed by atoms with van der Waals surface area (Å²) in [5, 5.41) is 10.4. The molecule has 1 fully saturated rings. The van der Waals surface area contributed by atoms with Crippen molar-refractivity contribution < 1.29 is 9.32 Å². The first kappa shape index (κ1) is 18.0. The largest absolute Gasteiger partial charge is 0.361 e. The van der Waals surface area contributed by atoms with Crippen LogP contribution in [0.1, 0.15) is 49.6 Å². The first-order valence-electron chi connectivity index (χ1n) is 7.43. The van der Waals surface area contributed by atoms with Crippen molar-refractivity contribution in [2.45, 2.75) is 52.5 Å². The standard InChI is InChI=1S/C15H25N3O2.ClH/c1-9(14-11(3)18-20-12(14)4)8-17-15(19)13-5-6-16-10(2)7-13;/h9-10,13,16H,5-8H2,1-4H3,(H,17,19);1H/t9?,10-,13-;/m0./s1. The van der Waals surface area contributed by atoms with Crippen LogP contribution in [-0.4, -0.2) is 30.2 Å². The van der Waals surface area contributed by atoms with E-state index in [9.17, 15) is 4.79 Å². The molecule has 2 rings (SSSR count). The minimum absolute atomic E-state index is 0. The van der Waals surface area contributed by atoms with Crippen LogP contribution < -0.4 is 10.6 Å². The minimum atomic E-state index is 0. The first-order valence-corrected chi connectivity index (χ1v) is 7.43. The fourth-order valence-corrected chi connectivity index (χ4v) is 3.06. The lowest BCUT2D eigenvalue weighted by atomic mass is 9.92. The van der Waals surface area contributed by atoms with Gasteiger partial charge in [-0.25, -0.2) is 0 Å². The van der Waals surface area contributed by atoms with Gasteiger partial charge in [0, 0.05) is 30.0 Å². The zero-order chi connectivity index (χ0) is 14.7. The van der Waals surface area contributed by atoms with Gasteiger partial charge >= 0.3 is 0 Å². The molecular weight excluding hydrogens is 290 g/mol. The summed E-state index contributed by atoms with van der Waals surface area (Å²) in [5.74, 6) is 1.39. The number of nitrogens with zero attached hydrogens (tertiary/aromatic N) is 1. The lowest BCUT2D eigenvalue weighted by molar-refractivity contribution is -0.126. The van der Waals surface area contributed by atoms with Crippen LogP contribution in [0.3, 0.4) is 0 Å². The molecule has 1 aliphatic heterocycles. The van der Waals surface area contributed by atoms with Gasteiger partial charge in [-0.15, -0.1) is 12.4 Å². The Kier molecular flexibility index (Phi) is 6.68. The van der Waals surface area contributed by atoms with Gasteiger partial charge in [-0.3, -0.25) is 4.79 Å². The number of aryl methyl sites for hydroxylation is 2. The van der Waals surface area contributed by atoms with Crippen LogP contribution in [0, 0.1) is 19.8 Å². The highest BCUT2D eigenvalue weighted by Gasteiger charge is 2.25. The van der Waals surface area contributed by atoms with Crippen molar-refractivity contribution in [2.24, 2.45) is 5.92 Å². The van der Waals surface area contributed by atoms with Crippen molar-refractivity contribution in [1.82, 2.24) is 15.8 Å². The van der Waals surface area contributed by atoms with E-state index < -0.39 is 0 Å². The average Bonchev–Trinajstić information content (AvgIpc) is 2.75. The number of rotatable bonds is 4. The molecule has 0 saturated carbocycles. The van der Waals surface area contributed by atoms with E-state index in [2.05, 4.69) is 29.6 Å². The lowest BCUT2D eigenvalue weighted by Crippen LogP contribution is -2.43. The number of carbonyl (C=O) groups excluding carboxylic acids is 1. The van der Waals surface area contributed by atoms with Crippen molar-refractivity contribution in [3.8, 4) is 0 Å². The lowest BCUT2D eigenvalue weighted by Gasteiger charge is -2.27. The summed E-state index contributed by atoms with van der Waals surface area (Å²) in [7, 11) is 0. The summed E-state index contributed by atoms with van der Waals surface area (Å²) in [6.07, 6.45) is 1.85. The van der Waals surface area contributed by atoms with E-state index in [1.807, 2.05) is 13.8 Å². The van der Waals surface area contributed by atoms with Gasteiger partial charge in [0.1, 0.15) is 5.76 Å². The third-order valence-corrected chi connectivity index (χ3v) is 4.16. The van der Waals surface area contributed by atoms with Crippen LogP contribution in [0.5, 0.6) is 0 Å². The Labute approximate surface area is 132 Å². The molecule has 0 radical (unpaired) electrons. The Bertz CT molecular complexity index is 456. The molecule has 1 unspecified atom stereocenters. The molecule has 1 aromatic rings.